The summed E-state index contributed by atoms with van der Waals surface area (Å²) in [5.74, 6) is -0.132. The first kappa shape index (κ1) is 37.9. The lowest BCUT2D eigenvalue weighted by Gasteiger charge is -2.19. The molecule has 0 saturated heterocycles. The highest BCUT2D eigenvalue weighted by atomic mass is 16.6. The second-order valence-electron chi connectivity index (χ2n) is 10.7. The predicted molar refractivity (Wildman–Crippen MR) is 184 cm³/mol. The van der Waals surface area contributed by atoms with Crippen molar-refractivity contribution >= 4 is 58.0 Å². The number of azo groups is 2. The van der Waals surface area contributed by atoms with Crippen molar-refractivity contribution in [1.82, 2.24) is 15.3 Å². The number of Topliss-reactive ketones (excluding diaryl/α,β-unsaturated/α-hetero) is 1. The Morgan fingerprint density at radius 2 is 1.23 bits per heavy atom. The van der Waals surface area contributed by atoms with Crippen LogP contribution in [0.1, 0.15) is 39.8 Å². The van der Waals surface area contributed by atoms with Crippen LogP contribution < -0.4 is 22.5 Å². The monoisotopic (exact) mass is 656 g/mol. The van der Waals surface area contributed by atoms with E-state index in [4.69, 9.17) is 27.0 Å². The number of aliphatic carboxylic acids is 1. The first-order valence-corrected chi connectivity index (χ1v) is 14.7. The summed E-state index contributed by atoms with van der Waals surface area (Å²) in [6.45, 7) is 6.70. The number of hydrogen-bond donors (Lipinski definition) is 5. The van der Waals surface area contributed by atoms with Gasteiger partial charge in [0.05, 0.1) is 30.0 Å². The predicted octanol–water partition coefficient (Wildman–Crippen LogP) is 6.86. The number of ether oxygens (including phenoxy) is 1. The smallest absolute Gasteiger partial charge is 0.408 e. The number of nitrogen functional groups attached to an aromatic ring is 3. The van der Waals surface area contributed by atoms with Crippen molar-refractivity contribution in [2.75, 3.05) is 23.7 Å². The van der Waals surface area contributed by atoms with Crippen LogP contribution in [0.2, 0.25) is 0 Å². The highest BCUT2D eigenvalue weighted by Gasteiger charge is 2.17. The number of carboxylic acids is 1. The van der Waals surface area contributed by atoms with E-state index in [-0.39, 0.29) is 36.8 Å². The first-order valence-electron chi connectivity index (χ1n) is 14.7. The Balaban J connectivity index is 0.000000320. The number of carbonyl (C=O) groups is 3. The number of amides is 1. The highest BCUT2D eigenvalue weighted by molar-refractivity contribution is 5.85. The molecule has 0 unspecified atom stereocenters. The molecule has 15 nitrogen and oxygen atoms in total. The molecule has 0 aliphatic carbocycles. The fourth-order valence-electron chi connectivity index (χ4n) is 3.22. The summed E-state index contributed by atoms with van der Waals surface area (Å²) in [5.41, 5.74) is 19.3. The molecule has 0 atom stereocenters. The molecule has 4 aromatic rings. The number of alkyl carbamates (subject to hydrolysis) is 1. The van der Waals surface area contributed by atoms with E-state index in [9.17, 15) is 14.4 Å². The highest BCUT2D eigenvalue weighted by Crippen LogP contribution is 2.24. The summed E-state index contributed by atoms with van der Waals surface area (Å²) >= 11 is 0. The molecule has 0 saturated carbocycles. The fourth-order valence-corrected chi connectivity index (χ4v) is 3.22. The second-order valence-corrected chi connectivity index (χ2v) is 10.7. The van der Waals surface area contributed by atoms with Crippen molar-refractivity contribution in [2.45, 2.75) is 46.1 Å². The SMILES string of the molecule is CC(C)(C)OC(=O)NCC(=O)Cc1ccc(N=Nc2ccccc2)c(N)n1.CCC(=O)O.Nc1ccc(N=Nc2ccccc2)c(N)n1. The van der Waals surface area contributed by atoms with Gasteiger partial charge in [-0.3, -0.25) is 9.59 Å². The van der Waals surface area contributed by atoms with Crippen molar-refractivity contribution in [2.24, 2.45) is 20.5 Å². The number of rotatable bonds is 9. The molecule has 2 heterocycles. The zero-order valence-corrected chi connectivity index (χ0v) is 27.2. The maximum absolute atomic E-state index is 12.0. The maximum atomic E-state index is 12.0. The Morgan fingerprint density at radius 1 is 0.750 bits per heavy atom. The number of nitrogens with zero attached hydrogens (tertiary/aromatic N) is 6. The molecule has 2 aromatic carbocycles. The Hall–Kier alpha value is -6.25. The van der Waals surface area contributed by atoms with Gasteiger partial charge in [0.15, 0.2) is 17.4 Å². The second kappa shape index (κ2) is 19.3. The number of anilines is 3. The number of ketones is 1. The summed E-state index contributed by atoms with van der Waals surface area (Å²) in [7, 11) is 0. The van der Waals surface area contributed by atoms with Gasteiger partial charge in [-0.25, -0.2) is 14.8 Å². The number of carboxylic acid groups (broad SMARTS) is 1. The van der Waals surface area contributed by atoms with E-state index in [1.165, 1.54) is 0 Å². The van der Waals surface area contributed by atoms with Gasteiger partial charge < -0.3 is 32.4 Å². The maximum Gasteiger partial charge on any atom is 0.408 e. The summed E-state index contributed by atoms with van der Waals surface area (Å²) in [5, 5.41) is 26.3. The molecule has 15 heteroatoms. The molecule has 0 fully saturated rings. The minimum absolute atomic E-state index is 0.0378. The van der Waals surface area contributed by atoms with Crippen LogP contribution in [0, 0.1) is 0 Å². The van der Waals surface area contributed by atoms with E-state index in [2.05, 4.69) is 35.7 Å². The topological polar surface area (TPSA) is 246 Å². The lowest BCUT2D eigenvalue weighted by atomic mass is 10.2. The zero-order chi connectivity index (χ0) is 35.5. The number of nitrogens with one attached hydrogen (secondary N) is 1. The Kier molecular flexibility index (Phi) is 15.3. The number of benzene rings is 2. The Morgan fingerprint density at radius 3 is 1.67 bits per heavy atom. The van der Waals surface area contributed by atoms with Crippen molar-refractivity contribution in [3.8, 4) is 0 Å². The average Bonchev–Trinajstić information content (AvgIpc) is 3.04. The van der Waals surface area contributed by atoms with Crippen LogP contribution in [-0.2, 0) is 20.7 Å². The van der Waals surface area contributed by atoms with E-state index in [1.807, 2.05) is 60.7 Å². The largest absolute Gasteiger partial charge is 0.481 e. The molecule has 0 bridgehead atoms. The third-order valence-corrected chi connectivity index (χ3v) is 5.45. The number of hydrogen-bond acceptors (Lipinski definition) is 13. The fraction of sp³-hybridized carbons (Fsp3) is 0.242. The summed E-state index contributed by atoms with van der Waals surface area (Å²) in [4.78, 5) is 41.0. The van der Waals surface area contributed by atoms with Gasteiger partial charge in [-0.2, -0.15) is 10.2 Å². The number of pyridine rings is 2. The standard InChI is InChI=1S/C19H23N5O3.C11H11N5.C3H6O2/c1-19(2,3)27-18(26)21-12-15(25)11-14-9-10-16(17(20)22-14)24-23-13-7-5-4-6-8-13;12-10-7-6-9(11(13)14-10)16-15-8-4-2-1-3-5-8;1-2-3(4)5/h4-10H,11-12H2,1-3H3,(H2,20,22)(H,21,26);1-7H,(H4,12,13,14);2H2,1H3,(H,4,5). The van der Waals surface area contributed by atoms with E-state index in [0.29, 0.717) is 28.6 Å². The van der Waals surface area contributed by atoms with Crippen molar-refractivity contribution in [3.63, 3.8) is 0 Å². The third kappa shape index (κ3) is 15.7. The summed E-state index contributed by atoms with van der Waals surface area (Å²) in [6, 6.07) is 25.3. The van der Waals surface area contributed by atoms with Crippen LogP contribution in [0.4, 0.5) is 45.0 Å². The molecular formula is C33H40N10O5. The van der Waals surface area contributed by atoms with Gasteiger partial charge in [-0.1, -0.05) is 43.3 Å². The number of carbonyl (C=O) groups excluding carboxylic acids is 2. The number of aromatic nitrogens is 2. The molecule has 0 spiro atoms. The molecule has 2 aromatic heterocycles. The van der Waals surface area contributed by atoms with Crippen LogP contribution in [0.25, 0.3) is 0 Å². The molecule has 0 aliphatic heterocycles. The van der Waals surface area contributed by atoms with Gasteiger partial charge in [-0.15, -0.1) is 10.2 Å². The van der Waals surface area contributed by atoms with Crippen LogP contribution in [0.15, 0.2) is 105 Å². The van der Waals surface area contributed by atoms with Gasteiger partial charge in [0.2, 0.25) is 0 Å². The van der Waals surface area contributed by atoms with Gasteiger partial charge >= 0.3 is 12.1 Å². The molecule has 1 amide bonds. The molecule has 252 valence electrons. The van der Waals surface area contributed by atoms with Crippen LogP contribution in [0.3, 0.4) is 0 Å². The van der Waals surface area contributed by atoms with Crippen molar-refractivity contribution in [3.05, 3.63) is 90.6 Å². The first-order chi connectivity index (χ1) is 22.8. The normalized spacial score (nSPS) is 10.8. The molecule has 0 aliphatic rings. The lowest BCUT2D eigenvalue weighted by Crippen LogP contribution is -2.35. The lowest BCUT2D eigenvalue weighted by molar-refractivity contribution is -0.136. The molecule has 0 radical (unpaired) electrons. The van der Waals surface area contributed by atoms with Crippen molar-refractivity contribution < 1.29 is 24.2 Å². The van der Waals surface area contributed by atoms with Gasteiger partial charge in [0, 0.05) is 6.42 Å². The van der Waals surface area contributed by atoms with E-state index < -0.39 is 17.7 Å². The van der Waals surface area contributed by atoms with Gasteiger partial charge in [-0.05, 0) is 69.3 Å². The minimum atomic E-state index is -0.745. The van der Waals surface area contributed by atoms with Crippen LogP contribution in [-0.4, -0.2) is 45.1 Å². The molecule has 48 heavy (non-hydrogen) atoms. The molecular weight excluding hydrogens is 616 g/mol. The molecule has 4 rings (SSSR count). The Bertz CT molecular complexity index is 1690. The van der Waals surface area contributed by atoms with Crippen LogP contribution >= 0.6 is 0 Å². The third-order valence-electron chi connectivity index (χ3n) is 5.45. The van der Waals surface area contributed by atoms with E-state index in [0.717, 1.165) is 5.69 Å². The van der Waals surface area contributed by atoms with Crippen molar-refractivity contribution in [1.29, 1.82) is 0 Å². The van der Waals surface area contributed by atoms with E-state index >= 15 is 0 Å². The number of nitrogens with two attached hydrogens (primary N) is 3. The Labute approximate surface area is 278 Å². The summed E-state index contributed by atoms with van der Waals surface area (Å²) in [6.07, 6.45) is -0.379. The quantitative estimate of drug-likeness (QED) is 0.117. The average molecular weight is 657 g/mol. The zero-order valence-electron chi connectivity index (χ0n) is 27.2. The molecule has 8 N–H and O–H groups in total. The van der Waals surface area contributed by atoms with Gasteiger partial charge in [0.1, 0.15) is 22.8 Å². The van der Waals surface area contributed by atoms with E-state index in [1.54, 1.807) is 52.0 Å². The van der Waals surface area contributed by atoms with Crippen LogP contribution in [0.5, 0.6) is 0 Å². The summed E-state index contributed by atoms with van der Waals surface area (Å²) < 4.78 is 5.08. The minimum Gasteiger partial charge on any atom is -0.481 e. The van der Waals surface area contributed by atoms with Gasteiger partial charge in [0.25, 0.3) is 0 Å².